The number of piperidine rings is 1. The van der Waals surface area contributed by atoms with E-state index in [1.807, 2.05) is 6.07 Å². The van der Waals surface area contributed by atoms with Gasteiger partial charge in [0, 0.05) is 56.3 Å². The van der Waals surface area contributed by atoms with Crippen molar-refractivity contribution >= 4 is 34.6 Å². The summed E-state index contributed by atoms with van der Waals surface area (Å²) in [5.74, 6) is -3.27. The van der Waals surface area contributed by atoms with Crippen LogP contribution in [-0.4, -0.2) is 79.9 Å². The molecule has 1 unspecified atom stereocenters. The maximum Gasteiger partial charge on any atom is 0.247 e. The molecule has 3 saturated heterocycles. The van der Waals surface area contributed by atoms with Crippen LogP contribution in [0.15, 0.2) is 49.3 Å². The predicted octanol–water partition coefficient (Wildman–Crippen LogP) is 4.95. The molecule has 1 aromatic heterocycles. The first-order valence-electron chi connectivity index (χ1n) is 15.2. The third-order valence-electron chi connectivity index (χ3n) is 8.60. The molecule has 2 aromatic carbocycles. The van der Waals surface area contributed by atoms with E-state index >= 15 is 0 Å². The highest BCUT2D eigenvalue weighted by molar-refractivity contribution is 6.02. The van der Waals surface area contributed by atoms with Gasteiger partial charge >= 0.3 is 0 Å². The molecule has 14 heteroatoms. The number of nitrogens with zero attached hydrogens (tertiary/aromatic N) is 5. The van der Waals surface area contributed by atoms with Gasteiger partial charge in [-0.2, -0.15) is 0 Å². The standard InChI is InChI=1S/C32H36F3N7O4/c1-3-30(43)39-23-16-24(27(44-2)17-26(23)41-9-6-20(7-10-41)40-11-14-45-15-12-40)38-28-18-29(37-19-36-28)42-25(8-13-46-42)21-4-5-22(33)32(35)31(21)34/h3-5,16-20,25H,1,6-15H2,2H3,(H,39,43)(H,36,37,38). The molecular formula is C32H36F3N7O4. The van der Waals surface area contributed by atoms with Crippen molar-refractivity contribution in [2.24, 2.45) is 0 Å². The summed E-state index contributed by atoms with van der Waals surface area (Å²) < 4.78 is 53.6. The molecule has 1 amide bonds. The molecule has 0 spiro atoms. The molecule has 1 atom stereocenters. The van der Waals surface area contributed by atoms with E-state index < -0.39 is 23.5 Å². The molecule has 0 bridgehead atoms. The average Bonchev–Trinajstić information content (AvgIpc) is 3.58. The van der Waals surface area contributed by atoms with Gasteiger partial charge in [-0.3, -0.25) is 14.5 Å². The number of ether oxygens (including phenoxy) is 2. The molecule has 3 aliphatic heterocycles. The van der Waals surface area contributed by atoms with Crippen LogP contribution in [0.4, 0.5) is 41.9 Å². The topological polar surface area (TPSA) is 104 Å². The minimum atomic E-state index is -1.54. The van der Waals surface area contributed by atoms with Gasteiger partial charge in [0.15, 0.2) is 23.3 Å². The molecule has 2 N–H and O–H groups in total. The van der Waals surface area contributed by atoms with Crippen LogP contribution in [0.2, 0.25) is 0 Å². The van der Waals surface area contributed by atoms with Gasteiger partial charge in [-0.05, 0) is 31.1 Å². The van der Waals surface area contributed by atoms with Crippen molar-refractivity contribution in [3.63, 3.8) is 0 Å². The van der Waals surface area contributed by atoms with Gasteiger partial charge in [-0.15, -0.1) is 0 Å². The van der Waals surface area contributed by atoms with Gasteiger partial charge in [0.2, 0.25) is 5.91 Å². The molecular weight excluding hydrogens is 603 g/mol. The zero-order chi connectivity index (χ0) is 32.2. The lowest BCUT2D eigenvalue weighted by atomic mass is 10.0. The number of carbonyl (C=O) groups is 1. The van der Waals surface area contributed by atoms with Gasteiger partial charge in [0.05, 0.1) is 50.0 Å². The molecule has 3 aromatic rings. The number of hydrogen-bond donors (Lipinski definition) is 2. The largest absolute Gasteiger partial charge is 0.494 e. The van der Waals surface area contributed by atoms with Gasteiger partial charge in [-0.1, -0.05) is 12.6 Å². The number of rotatable bonds is 9. The van der Waals surface area contributed by atoms with E-state index in [9.17, 15) is 18.0 Å². The Hall–Kier alpha value is -4.40. The Morgan fingerprint density at radius 2 is 1.78 bits per heavy atom. The number of hydroxylamine groups is 1. The number of anilines is 5. The Kier molecular flexibility index (Phi) is 9.56. The first-order valence-corrected chi connectivity index (χ1v) is 15.2. The molecule has 11 nitrogen and oxygen atoms in total. The lowest BCUT2D eigenvalue weighted by Gasteiger charge is -2.41. The third-order valence-corrected chi connectivity index (χ3v) is 8.60. The molecule has 0 aliphatic carbocycles. The number of carbonyl (C=O) groups excluding carboxylic acids is 1. The van der Waals surface area contributed by atoms with E-state index in [4.69, 9.17) is 14.3 Å². The lowest BCUT2D eigenvalue weighted by Crippen LogP contribution is -2.49. The molecule has 244 valence electrons. The number of nitrogens with one attached hydrogen (secondary N) is 2. The second-order valence-corrected chi connectivity index (χ2v) is 11.2. The van der Waals surface area contributed by atoms with Crippen molar-refractivity contribution in [2.45, 2.75) is 31.3 Å². The second-order valence-electron chi connectivity index (χ2n) is 11.2. The van der Waals surface area contributed by atoms with E-state index in [2.05, 4.69) is 37.0 Å². The summed E-state index contributed by atoms with van der Waals surface area (Å²) >= 11 is 0. The number of hydrogen-bond acceptors (Lipinski definition) is 10. The quantitative estimate of drug-likeness (QED) is 0.247. The van der Waals surface area contributed by atoms with Crippen LogP contribution in [-0.2, 0) is 14.4 Å². The van der Waals surface area contributed by atoms with E-state index in [0.717, 1.165) is 64.0 Å². The molecule has 46 heavy (non-hydrogen) atoms. The maximum absolute atomic E-state index is 14.7. The Morgan fingerprint density at radius 3 is 2.52 bits per heavy atom. The van der Waals surface area contributed by atoms with E-state index in [1.165, 1.54) is 23.5 Å². The summed E-state index contributed by atoms with van der Waals surface area (Å²) in [6, 6.07) is 7.08. The van der Waals surface area contributed by atoms with E-state index in [-0.39, 0.29) is 23.9 Å². The molecule has 3 fully saturated rings. The molecule has 0 radical (unpaired) electrons. The van der Waals surface area contributed by atoms with Crippen LogP contribution in [0.25, 0.3) is 0 Å². The average molecular weight is 640 g/mol. The predicted molar refractivity (Wildman–Crippen MR) is 167 cm³/mol. The Bertz CT molecular complexity index is 1580. The lowest BCUT2D eigenvalue weighted by molar-refractivity contribution is -0.111. The van der Waals surface area contributed by atoms with Crippen LogP contribution < -0.4 is 25.3 Å². The molecule has 6 rings (SSSR count). The molecule has 0 saturated carbocycles. The SMILES string of the molecule is C=CC(=O)Nc1cc(Nc2cc(N3OCCC3c3ccc(F)c(F)c3F)ncn2)c(OC)cc1N1CCC(N2CCOCC2)CC1. The minimum Gasteiger partial charge on any atom is -0.494 e. The smallest absolute Gasteiger partial charge is 0.247 e. The van der Waals surface area contributed by atoms with Gasteiger partial charge < -0.3 is 25.0 Å². The van der Waals surface area contributed by atoms with Crippen LogP contribution in [0.5, 0.6) is 5.75 Å². The van der Waals surface area contributed by atoms with E-state index in [1.54, 1.807) is 19.2 Å². The fourth-order valence-corrected chi connectivity index (χ4v) is 6.25. The summed E-state index contributed by atoms with van der Waals surface area (Å²) in [7, 11) is 1.56. The maximum atomic E-state index is 14.7. The fraction of sp³-hybridized carbons (Fsp3) is 0.406. The highest BCUT2D eigenvalue weighted by Gasteiger charge is 2.33. The van der Waals surface area contributed by atoms with Gasteiger partial charge in [-0.25, -0.2) is 28.2 Å². The van der Waals surface area contributed by atoms with Crippen molar-refractivity contribution in [3.8, 4) is 5.75 Å². The summed E-state index contributed by atoms with van der Waals surface area (Å²) in [5, 5.41) is 7.51. The highest BCUT2D eigenvalue weighted by atomic mass is 19.2. The number of aromatic nitrogens is 2. The van der Waals surface area contributed by atoms with Crippen LogP contribution in [0.1, 0.15) is 30.9 Å². The zero-order valence-corrected chi connectivity index (χ0v) is 25.5. The first kappa shape index (κ1) is 31.6. The van der Waals surface area contributed by atoms with E-state index in [0.29, 0.717) is 35.4 Å². The summed E-state index contributed by atoms with van der Waals surface area (Å²) in [6.07, 6.45) is 4.81. The molecule has 3 aliphatic rings. The summed E-state index contributed by atoms with van der Waals surface area (Å²) in [6.45, 7) is 8.83. The Labute approximate surface area is 264 Å². The van der Waals surface area contributed by atoms with Crippen molar-refractivity contribution in [3.05, 3.63) is 72.3 Å². The third kappa shape index (κ3) is 6.59. The van der Waals surface area contributed by atoms with Crippen LogP contribution in [0.3, 0.4) is 0 Å². The zero-order valence-electron chi connectivity index (χ0n) is 25.5. The Morgan fingerprint density at radius 1 is 1.00 bits per heavy atom. The number of benzene rings is 2. The highest BCUT2D eigenvalue weighted by Crippen LogP contribution is 2.41. The molecule has 4 heterocycles. The second kappa shape index (κ2) is 13.9. The summed E-state index contributed by atoms with van der Waals surface area (Å²) in [5.41, 5.74) is 1.87. The van der Waals surface area contributed by atoms with Crippen LogP contribution >= 0.6 is 0 Å². The van der Waals surface area contributed by atoms with Crippen molar-refractivity contribution in [2.75, 3.05) is 73.7 Å². The number of methoxy groups -OCH3 is 1. The van der Waals surface area contributed by atoms with Crippen molar-refractivity contribution in [1.82, 2.24) is 14.9 Å². The van der Waals surface area contributed by atoms with Crippen molar-refractivity contribution in [1.29, 1.82) is 0 Å². The summed E-state index contributed by atoms with van der Waals surface area (Å²) in [4.78, 5) is 31.5. The first-order chi connectivity index (χ1) is 22.4. The van der Waals surface area contributed by atoms with Crippen LogP contribution in [0, 0.1) is 17.5 Å². The number of morpholine rings is 1. The fourth-order valence-electron chi connectivity index (χ4n) is 6.25. The number of halogens is 3. The number of amides is 1. The van der Waals surface area contributed by atoms with Crippen molar-refractivity contribution < 1.29 is 32.3 Å². The normalized spacial score (nSPS) is 19.3. The monoisotopic (exact) mass is 639 g/mol. The minimum absolute atomic E-state index is 0.0432. The Balaban J connectivity index is 1.24. The van der Waals surface area contributed by atoms with Gasteiger partial charge in [0.1, 0.15) is 17.9 Å². The van der Waals surface area contributed by atoms with Gasteiger partial charge in [0.25, 0.3) is 0 Å².